The molecule has 2 aliphatic carbocycles. The third kappa shape index (κ3) is 4.17. The van der Waals surface area contributed by atoms with Crippen molar-refractivity contribution in [2.24, 2.45) is 23.7 Å². The first-order valence-electron chi connectivity index (χ1n) is 10.00. The van der Waals surface area contributed by atoms with Crippen LogP contribution in [0.15, 0.2) is 23.3 Å². The normalized spacial score (nSPS) is 24.5. The number of halogens is 1. The van der Waals surface area contributed by atoms with Crippen molar-refractivity contribution in [3.63, 3.8) is 0 Å². The Kier molecular flexibility index (Phi) is 6.41. The van der Waals surface area contributed by atoms with E-state index < -0.39 is 29.6 Å². The van der Waals surface area contributed by atoms with Gasteiger partial charge in [-0.15, -0.1) is 0 Å². The SMILES string of the molecule is CC(C)=C1[C@H]2CC[C@@H]1[C@H](C(=O)NNC(=O)COc1cc(C)c(Cl)c(C)c1)[C@H]2C(=O)O. The second-order valence-corrected chi connectivity index (χ2v) is 8.71. The molecule has 30 heavy (non-hydrogen) atoms. The molecule has 1 aromatic rings. The van der Waals surface area contributed by atoms with Crippen molar-refractivity contribution in [2.45, 2.75) is 40.5 Å². The second-order valence-electron chi connectivity index (χ2n) is 8.33. The number of amides is 2. The van der Waals surface area contributed by atoms with Gasteiger partial charge in [0.25, 0.3) is 5.91 Å². The van der Waals surface area contributed by atoms with Crippen molar-refractivity contribution in [1.82, 2.24) is 10.9 Å². The molecule has 2 fully saturated rings. The highest BCUT2D eigenvalue weighted by molar-refractivity contribution is 6.32. The molecule has 3 N–H and O–H groups in total. The molecule has 1 aromatic carbocycles. The highest BCUT2D eigenvalue weighted by Crippen LogP contribution is 2.57. The van der Waals surface area contributed by atoms with Gasteiger partial charge < -0.3 is 9.84 Å². The van der Waals surface area contributed by atoms with Gasteiger partial charge in [0, 0.05) is 5.02 Å². The zero-order valence-electron chi connectivity index (χ0n) is 17.5. The van der Waals surface area contributed by atoms with E-state index in [0.717, 1.165) is 35.1 Å². The van der Waals surface area contributed by atoms with Crippen LogP contribution in [-0.4, -0.2) is 29.5 Å². The van der Waals surface area contributed by atoms with Crippen LogP contribution >= 0.6 is 11.6 Å². The Balaban J connectivity index is 1.59. The number of nitrogens with one attached hydrogen (secondary N) is 2. The number of carbonyl (C=O) groups excluding carboxylic acids is 2. The molecule has 7 nitrogen and oxygen atoms in total. The van der Waals surface area contributed by atoms with Crippen molar-refractivity contribution in [3.05, 3.63) is 39.4 Å². The largest absolute Gasteiger partial charge is 0.484 e. The van der Waals surface area contributed by atoms with Crippen LogP contribution in [0, 0.1) is 37.5 Å². The first-order valence-corrected chi connectivity index (χ1v) is 10.4. The Hall–Kier alpha value is -2.54. The summed E-state index contributed by atoms with van der Waals surface area (Å²) in [5, 5.41) is 10.3. The average Bonchev–Trinajstić information content (AvgIpc) is 3.25. The maximum absolute atomic E-state index is 12.8. The zero-order valence-corrected chi connectivity index (χ0v) is 18.3. The molecule has 0 unspecified atom stereocenters. The fourth-order valence-corrected chi connectivity index (χ4v) is 5.10. The monoisotopic (exact) mass is 434 g/mol. The average molecular weight is 435 g/mol. The standard InChI is InChI=1S/C22H27ClN2O5/c1-10(2)17-14-5-6-15(17)19(22(28)29)18(14)21(27)25-24-16(26)9-30-13-7-11(3)20(23)12(4)8-13/h7-8,14-15,18-19H,5-6,9H2,1-4H3,(H,24,26)(H,25,27)(H,28,29)/t14-,15+,18-,19-/m0/s1. The molecule has 4 atom stereocenters. The Morgan fingerprint density at radius 3 is 2.17 bits per heavy atom. The molecular weight excluding hydrogens is 408 g/mol. The second kappa shape index (κ2) is 8.68. The van der Waals surface area contributed by atoms with Crippen molar-refractivity contribution in [2.75, 3.05) is 6.61 Å². The van der Waals surface area contributed by atoms with E-state index in [9.17, 15) is 19.5 Å². The Morgan fingerprint density at radius 2 is 1.63 bits per heavy atom. The minimum atomic E-state index is -0.968. The number of ether oxygens (including phenoxy) is 1. The molecule has 2 amide bonds. The van der Waals surface area contributed by atoms with Crippen LogP contribution in [0.4, 0.5) is 0 Å². The number of allylic oxidation sites excluding steroid dienone is 2. The topological polar surface area (TPSA) is 105 Å². The van der Waals surface area contributed by atoms with Gasteiger partial charge in [-0.2, -0.15) is 0 Å². The van der Waals surface area contributed by atoms with Gasteiger partial charge >= 0.3 is 5.97 Å². The van der Waals surface area contributed by atoms with E-state index in [1.165, 1.54) is 0 Å². The van der Waals surface area contributed by atoms with Crippen LogP contribution in [0.3, 0.4) is 0 Å². The van der Waals surface area contributed by atoms with Gasteiger partial charge in [0.15, 0.2) is 6.61 Å². The number of hydrogen-bond acceptors (Lipinski definition) is 4. The lowest BCUT2D eigenvalue weighted by atomic mass is 9.79. The van der Waals surface area contributed by atoms with Gasteiger partial charge in [-0.05, 0) is 75.6 Å². The molecule has 0 heterocycles. The number of fused-ring (bicyclic) bond motifs is 2. The zero-order chi connectivity index (χ0) is 22.2. The van der Waals surface area contributed by atoms with E-state index in [1.54, 1.807) is 12.1 Å². The summed E-state index contributed by atoms with van der Waals surface area (Å²) in [4.78, 5) is 36.7. The summed E-state index contributed by atoms with van der Waals surface area (Å²) in [6.45, 7) is 7.31. The van der Waals surface area contributed by atoms with E-state index in [0.29, 0.717) is 10.8 Å². The molecular formula is C22H27ClN2O5. The molecule has 3 rings (SSSR count). The number of aryl methyl sites for hydroxylation is 2. The molecule has 8 heteroatoms. The van der Waals surface area contributed by atoms with Crippen LogP contribution in [0.5, 0.6) is 5.75 Å². The molecule has 0 aliphatic heterocycles. The first kappa shape index (κ1) is 22.2. The van der Waals surface area contributed by atoms with E-state index >= 15 is 0 Å². The van der Waals surface area contributed by atoms with Crippen LogP contribution in [0.25, 0.3) is 0 Å². The van der Waals surface area contributed by atoms with E-state index in [2.05, 4.69) is 10.9 Å². The number of aliphatic carboxylic acids is 1. The predicted octanol–water partition coefficient (Wildman–Crippen LogP) is 3.18. The third-order valence-electron chi connectivity index (χ3n) is 6.11. The van der Waals surface area contributed by atoms with Crippen molar-refractivity contribution in [1.29, 1.82) is 0 Å². The number of carboxylic acid groups (broad SMARTS) is 1. The van der Waals surface area contributed by atoms with Gasteiger partial charge in [-0.1, -0.05) is 22.7 Å². The predicted molar refractivity (Wildman–Crippen MR) is 112 cm³/mol. The number of rotatable bonds is 5. The van der Waals surface area contributed by atoms with Crippen LogP contribution in [-0.2, 0) is 14.4 Å². The number of carbonyl (C=O) groups is 3. The van der Waals surface area contributed by atoms with Gasteiger partial charge in [0.1, 0.15) is 5.75 Å². The molecule has 0 radical (unpaired) electrons. The maximum atomic E-state index is 12.8. The van der Waals surface area contributed by atoms with Crippen LogP contribution in [0.2, 0.25) is 5.02 Å². The molecule has 162 valence electrons. The lowest BCUT2D eigenvalue weighted by Crippen LogP contribution is -2.49. The quantitative estimate of drug-likeness (QED) is 0.487. The third-order valence-corrected chi connectivity index (χ3v) is 6.71. The number of hydrazine groups is 1. The summed E-state index contributed by atoms with van der Waals surface area (Å²) in [7, 11) is 0. The summed E-state index contributed by atoms with van der Waals surface area (Å²) >= 11 is 6.12. The molecule has 2 saturated carbocycles. The van der Waals surface area contributed by atoms with Gasteiger partial charge in [-0.3, -0.25) is 25.2 Å². The Morgan fingerprint density at radius 1 is 1.07 bits per heavy atom. The fourth-order valence-electron chi connectivity index (χ4n) is 4.99. The number of carboxylic acids is 1. The molecule has 0 saturated heterocycles. The Bertz CT molecular complexity index is 899. The summed E-state index contributed by atoms with van der Waals surface area (Å²) in [6, 6.07) is 3.46. The lowest BCUT2D eigenvalue weighted by molar-refractivity contribution is -0.150. The first-order chi connectivity index (χ1) is 14.1. The van der Waals surface area contributed by atoms with E-state index in [1.807, 2.05) is 27.7 Å². The highest BCUT2D eigenvalue weighted by atomic mass is 35.5. The summed E-state index contributed by atoms with van der Waals surface area (Å²) in [5.74, 6) is -3.12. The summed E-state index contributed by atoms with van der Waals surface area (Å²) in [5.41, 5.74) is 8.58. The molecule has 2 aliphatic rings. The fraction of sp³-hybridized carbons (Fsp3) is 0.500. The van der Waals surface area contributed by atoms with Crippen molar-refractivity contribution >= 4 is 29.4 Å². The van der Waals surface area contributed by atoms with E-state index in [4.69, 9.17) is 16.3 Å². The highest BCUT2D eigenvalue weighted by Gasteiger charge is 2.57. The summed E-state index contributed by atoms with van der Waals surface area (Å²) < 4.78 is 5.48. The van der Waals surface area contributed by atoms with Gasteiger partial charge in [0.2, 0.25) is 5.91 Å². The minimum Gasteiger partial charge on any atom is -0.484 e. The summed E-state index contributed by atoms with van der Waals surface area (Å²) in [6.07, 6.45) is 1.57. The molecule has 2 bridgehead atoms. The number of hydrogen-bond donors (Lipinski definition) is 3. The van der Waals surface area contributed by atoms with E-state index in [-0.39, 0.29) is 18.4 Å². The van der Waals surface area contributed by atoms with Crippen LogP contribution < -0.4 is 15.6 Å². The van der Waals surface area contributed by atoms with Gasteiger partial charge in [-0.25, -0.2) is 0 Å². The molecule has 0 aromatic heterocycles. The lowest BCUT2D eigenvalue weighted by Gasteiger charge is -2.26. The maximum Gasteiger partial charge on any atom is 0.307 e. The van der Waals surface area contributed by atoms with Crippen LogP contribution in [0.1, 0.15) is 37.8 Å². The number of benzene rings is 1. The van der Waals surface area contributed by atoms with Crippen molar-refractivity contribution in [3.8, 4) is 5.75 Å². The minimum absolute atomic E-state index is 0.0886. The molecule has 0 spiro atoms. The Labute approximate surface area is 180 Å². The van der Waals surface area contributed by atoms with Crippen molar-refractivity contribution < 1.29 is 24.2 Å². The van der Waals surface area contributed by atoms with Gasteiger partial charge in [0.05, 0.1) is 11.8 Å². The smallest absolute Gasteiger partial charge is 0.307 e.